The second-order valence-electron chi connectivity index (χ2n) is 5.49. The Hall–Kier alpha value is -2.57. The fraction of sp³-hybridized carbons (Fsp3) is 0.0556. The van der Waals surface area contributed by atoms with Gasteiger partial charge in [-0.1, -0.05) is 29.8 Å². The van der Waals surface area contributed by atoms with Gasteiger partial charge in [-0.3, -0.25) is 14.9 Å². The molecule has 1 aromatic heterocycles. The number of oxazole rings is 1. The summed E-state index contributed by atoms with van der Waals surface area (Å²) in [6.45, 7) is 0. The maximum atomic E-state index is 11.6. The average molecular weight is 371 g/mol. The highest BCUT2D eigenvalue weighted by atomic mass is 35.5. The van der Waals surface area contributed by atoms with E-state index in [0.717, 1.165) is 22.9 Å². The van der Waals surface area contributed by atoms with Crippen molar-refractivity contribution in [3.05, 3.63) is 69.4 Å². The number of halogens is 1. The van der Waals surface area contributed by atoms with Crippen molar-refractivity contribution in [2.75, 3.05) is 0 Å². The molecule has 25 heavy (non-hydrogen) atoms. The molecule has 1 saturated heterocycles. The second-order valence-corrected chi connectivity index (χ2v) is 6.94. The number of nitrogens with one attached hydrogen (secondary N) is 1. The minimum atomic E-state index is -0.376. The number of amides is 2. The zero-order valence-electron chi connectivity index (χ0n) is 12.8. The summed E-state index contributed by atoms with van der Waals surface area (Å²) >= 11 is 6.78. The van der Waals surface area contributed by atoms with Gasteiger partial charge in [-0.05, 0) is 53.2 Å². The molecule has 1 fully saturated rings. The highest BCUT2D eigenvalue weighted by molar-refractivity contribution is 8.18. The lowest BCUT2D eigenvalue weighted by Crippen LogP contribution is -2.17. The van der Waals surface area contributed by atoms with Crippen LogP contribution in [0.15, 0.2) is 51.8 Å². The van der Waals surface area contributed by atoms with Crippen molar-refractivity contribution in [3.63, 3.8) is 0 Å². The standard InChI is InChI=1S/C18H11ClN2O3S/c19-12-4-1-10(2-5-12)9-16-20-13-7-11(3-6-14(13)24-16)8-15-17(22)21-18(23)25-15/h1-8H,9H2,(H,21,22,23)/b15-8+. The summed E-state index contributed by atoms with van der Waals surface area (Å²) in [6.07, 6.45) is 2.23. The molecular formula is C18H11ClN2O3S. The van der Waals surface area contributed by atoms with Crippen LogP contribution >= 0.6 is 23.4 Å². The normalized spacial score (nSPS) is 16.0. The Bertz CT molecular complexity index is 1020. The smallest absolute Gasteiger partial charge is 0.290 e. The number of thioether (sulfide) groups is 1. The van der Waals surface area contributed by atoms with Crippen molar-refractivity contribution in [1.82, 2.24) is 10.3 Å². The molecule has 4 rings (SSSR count). The summed E-state index contributed by atoms with van der Waals surface area (Å²) in [5.41, 5.74) is 3.21. The third kappa shape index (κ3) is 3.45. The summed E-state index contributed by atoms with van der Waals surface area (Å²) in [5.74, 6) is 0.226. The number of aromatic nitrogens is 1. The number of carbonyl (C=O) groups excluding carboxylic acids is 2. The molecule has 0 aliphatic carbocycles. The van der Waals surface area contributed by atoms with Gasteiger partial charge in [0.1, 0.15) is 5.52 Å². The number of nitrogens with zero attached hydrogens (tertiary/aromatic N) is 1. The van der Waals surface area contributed by atoms with Crippen LogP contribution in [0.5, 0.6) is 0 Å². The third-order valence-corrected chi connectivity index (χ3v) is 4.73. The van der Waals surface area contributed by atoms with E-state index < -0.39 is 0 Å². The molecule has 0 unspecified atom stereocenters. The number of fused-ring (bicyclic) bond motifs is 1. The molecule has 1 aliphatic heterocycles. The first-order chi connectivity index (χ1) is 12.1. The summed E-state index contributed by atoms with van der Waals surface area (Å²) in [6, 6.07) is 13.0. The fourth-order valence-electron chi connectivity index (χ4n) is 2.51. The van der Waals surface area contributed by atoms with Crippen LogP contribution < -0.4 is 5.32 Å². The van der Waals surface area contributed by atoms with Crippen LogP contribution in [0, 0.1) is 0 Å². The van der Waals surface area contributed by atoms with Gasteiger partial charge in [-0.2, -0.15) is 0 Å². The number of hydrogen-bond donors (Lipinski definition) is 1. The number of imide groups is 1. The number of benzene rings is 2. The van der Waals surface area contributed by atoms with Gasteiger partial charge in [0, 0.05) is 11.4 Å². The zero-order valence-corrected chi connectivity index (χ0v) is 14.4. The van der Waals surface area contributed by atoms with E-state index in [4.69, 9.17) is 16.0 Å². The lowest BCUT2D eigenvalue weighted by atomic mass is 10.1. The quantitative estimate of drug-likeness (QED) is 0.692. The minimum Gasteiger partial charge on any atom is -0.440 e. The molecule has 7 heteroatoms. The number of carbonyl (C=O) groups is 2. The molecule has 2 heterocycles. The fourth-order valence-corrected chi connectivity index (χ4v) is 3.32. The van der Waals surface area contributed by atoms with Gasteiger partial charge < -0.3 is 4.42 Å². The van der Waals surface area contributed by atoms with E-state index in [-0.39, 0.29) is 11.1 Å². The van der Waals surface area contributed by atoms with Crippen LogP contribution in [0.4, 0.5) is 4.79 Å². The Balaban J connectivity index is 1.61. The summed E-state index contributed by atoms with van der Waals surface area (Å²) in [5, 5.41) is 2.56. The van der Waals surface area contributed by atoms with E-state index in [1.165, 1.54) is 0 Å². The molecule has 0 saturated carbocycles. The first-order valence-electron chi connectivity index (χ1n) is 7.45. The van der Waals surface area contributed by atoms with Crippen LogP contribution in [0.25, 0.3) is 17.2 Å². The van der Waals surface area contributed by atoms with Crippen LogP contribution in [0.2, 0.25) is 5.02 Å². The largest absolute Gasteiger partial charge is 0.440 e. The van der Waals surface area contributed by atoms with Crippen LogP contribution in [0.1, 0.15) is 17.0 Å². The maximum Gasteiger partial charge on any atom is 0.290 e. The molecule has 1 aliphatic rings. The minimum absolute atomic E-state index is 0.357. The van der Waals surface area contributed by atoms with E-state index in [1.807, 2.05) is 36.4 Å². The van der Waals surface area contributed by atoms with Crippen LogP contribution in [0.3, 0.4) is 0 Å². The van der Waals surface area contributed by atoms with Crippen molar-refractivity contribution in [2.45, 2.75) is 6.42 Å². The Labute approximate surface area is 152 Å². The van der Waals surface area contributed by atoms with Crippen molar-refractivity contribution >= 4 is 51.7 Å². The Morgan fingerprint density at radius 3 is 2.68 bits per heavy atom. The van der Waals surface area contributed by atoms with Gasteiger partial charge in [0.25, 0.3) is 11.1 Å². The Morgan fingerprint density at radius 1 is 1.16 bits per heavy atom. The molecule has 3 aromatic rings. The highest BCUT2D eigenvalue weighted by Gasteiger charge is 2.24. The lowest BCUT2D eigenvalue weighted by molar-refractivity contribution is -0.115. The predicted octanol–water partition coefficient (Wildman–Crippen LogP) is 4.40. The average Bonchev–Trinajstić information content (AvgIpc) is 3.11. The Morgan fingerprint density at radius 2 is 1.96 bits per heavy atom. The van der Waals surface area contributed by atoms with E-state index in [1.54, 1.807) is 12.1 Å². The number of hydrogen-bond acceptors (Lipinski definition) is 5. The van der Waals surface area contributed by atoms with Crippen LogP contribution in [-0.2, 0) is 11.2 Å². The van der Waals surface area contributed by atoms with E-state index in [0.29, 0.717) is 33.3 Å². The first-order valence-corrected chi connectivity index (χ1v) is 8.65. The van der Waals surface area contributed by atoms with E-state index >= 15 is 0 Å². The highest BCUT2D eigenvalue weighted by Crippen LogP contribution is 2.27. The monoisotopic (exact) mass is 370 g/mol. The van der Waals surface area contributed by atoms with Crippen LogP contribution in [-0.4, -0.2) is 16.1 Å². The Kier molecular flexibility index (Phi) is 4.07. The van der Waals surface area contributed by atoms with Gasteiger partial charge in [0.15, 0.2) is 11.5 Å². The predicted molar refractivity (Wildman–Crippen MR) is 97.4 cm³/mol. The zero-order chi connectivity index (χ0) is 17.4. The van der Waals surface area contributed by atoms with Gasteiger partial charge >= 0.3 is 0 Å². The molecule has 5 nitrogen and oxygen atoms in total. The molecule has 0 radical (unpaired) electrons. The third-order valence-electron chi connectivity index (χ3n) is 3.66. The first kappa shape index (κ1) is 15.9. The molecule has 0 spiro atoms. The lowest BCUT2D eigenvalue weighted by Gasteiger charge is -1.96. The second kappa shape index (κ2) is 6.38. The molecule has 124 valence electrons. The van der Waals surface area contributed by atoms with Crippen molar-refractivity contribution in [2.24, 2.45) is 0 Å². The number of rotatable bonds is 3. The maximum absolute atomic E-state index is 11.6. The summed E-state index contributed by atoms with van der Waals surface area (Å²) < 4.78 is 5.76. The van der Waals surface area contributed by atoms with Crippen molar-refractivity contribution < 1.29 is 14.0 Å². The molecule has 0 bridgehead atoms. The molecular weight excluding hydrogens is 360 g/mol. The summed E-state index contributed by atoms with van der Waals surface area (Å²) in [4.78, 5) is 27.7. The molecule has 1 N–H and O–H groups in total. The van der Waals surface area contributed by atoms with Gasteiger partial charge in [0.2, 0.25) is 0 Å². The molecule has 0 atom stereocenters. The SMILES string of the molecule is O=C1NC(=O)/C(=C\c2ccc3oc(Cc4ccc(Cl)cc4)nc3c2)S1. The van der Waals surface area contributed by atoms with Gasteiger partial charge in [-0.15, -0.1) is 0 Å². The topological polar surface area (TPSA) is 72.2 Å². The van der Waals surface area contributed by atoms with Gasteiger partial charge in [-0.25, -0.2) is 4.98 Å². The van der Waals surface area contributed by atoms with Crippen molar-refractivity contribution in [3.8, 4) is 0 Å². The molecule has 2 amide bonds. The van der Waals surface area contributed by atoms with E-state index in [9.17, 15) is 9.59 Å². The van der Waals surface area contributed by atoms with Gasteiger partial charge in [0.05, 0.1) is 4.91 Å². The van der Waals surface area contributed by atoms with Crippen molar-refractivity contribution in [1.29, 1.82) is 0 Å². The molecule has 2 aromatic carbocycles. The summed E-state index contributed by atoms with van der Waals surface area (Å²) in [7, 11) is 0. The van der Waals surface area contributed by atoms with E-state index in [2.05, 4.69) is 10.3 Å².